The third kappa shape index (κ3) is 12.6. The zero-order valence-corrected chi connectivity index (χ0v) is 26.7. The molecule has 17 heteroatoms. The van der Waals surface area contributed by atoms with E-state index in [4.69, 9.17) is 14.2 Å². The van der Waals surface area contributed by atoms with Crippen LogP contribution in [-0.2, 0) is 34.3 Å². The molecular weight excluding hydrogens is 612 g/mol. The SMILES string of the molecule is CCCCCCCS(=O)(=O)NC[C@H]1O[C@H](OC2O[C@H](CNS(=O)(=O)CCCCCCC)[C@@H](O)[C@H](O)[C@H]2O)[C@H](O)[C@@H](O)[C@@H]1O. The summed E-state index contributed by atoms with van der Waals surface area (Å²) < 4.78 is 70.7. The molecule has 0 amide bonds. The van der Waals surface area contributed by atoms with Gasteiger partial charge in [0.2, 0.25) is 20.0 Å². The first-order chi connectivity index (χ1) is 20.2. The molecule has 8 N–H and O–H groups in total. The monoisotopic (exact) mass is 664 g/mol. The average molecular weight is 665 g/mol. The molecule has 2 aliphatic rings. The predicted molar refractivity (Wildman–Crippen MR) is 156 cm³/mol. The fourth-order valence-corrected chi connectivity index (χ4v) is 7.17. The highest BCUT2D eigenvalue weighted by molar-refractivity contribution is 7.89. The Balaban J connectivity index is 1.97. The number of ether oxygens (including phenoxy) is 3. The molecule has 0 aliphatic carbocycles. The number of rotatable bonds is 20. The number of unbranched alkanes of at least 4 members (excludes halogenated alkanes) is 8. The second kappa shape index (κ2) is 18.6. The lowest BCUT2D eigenvalue weighted by atomic mass is 9.98. The van der Waals surface area contributed by atoms with Gasteiger partial charge in [0.25, 0.3) is 0 Å². The van der Waals surface area contributed by atoms with E-state index >= 15 is 0 Å². The maximum atomic E-state index is 12.4. The van der Waals surface area contributed by atoms with Gasteiger partial charge in [-0.3, -0.25) is 0 Å². The van der Waals surface area contributed by atoms with Gasteiger partial charge in [0.05, 0.1) is 11.5 Å². The summed E-state index contributed by atoms with van der Waals surface area (Å²) in [4.78, 5) is 0. The molecule has 0 bridgehead atoms. The third-order valence-corrected chi connectivity index (χ3v) is 10.5. The second-order valence-electron chi connectivity index (χ2n) is 11.3. The van der Waals surface area contributed by atoms with E-state index in [1.165, 1.54) is 0 Å². The van der Waals surface area contributed by atoms with Crippen LogP contribution in [0, 0.1) is 0 Å². The Hall–Kier alpha value is -0.540. The van der Waals surface area contributed by atoms with Crippen LogP contribution in [0.25, 0.3) is 0 Å². The largest absolute Gasteiger partial charge is 0.388 e. The molecule has 0 aromatic heterocycles. The van der Waals surface area contributed by atoms with Crippen LogP contribution in [0.2, 0.25) is 0 Å². The minimum atomic E-state index is -3.73. The lowest BCUT2D eigenvalue weighted by Crippen LogP contribution is -2.64. The van der Waals surface area contributed by atoms with Crippen molar-refractivity contribution in [3.05, 3.63) is 0 Å². The zero-order valence-electron chi connectivity index (χ0n) is 25.0. The summed E-state index contributed by atoms with van der Waals surface area (Å²) in [5.74, 6) is -0.284. The van der Waals surface area contributed by atoms with Crippen LogP contribution < -0.4 is 9.44 Å². The maximum Gasteiger partial charge on any atom is 0.211 e. The normalized spacial score (nSPS) is 34.0. The molecule has 15 nitrogen and oxygen atoms in total. The van der Waals surface area contributed by atoms with Crippen molar-refractivity contribution in [3.63, 3.8) is 0 Å². The summed E-state index contributed by atoms with van der Waals surface area (Å²) in [6.07, 6.45) is -8.84. The van der Waals surface area contributed by atoms with Crippen LogP contribution in [0.3, 0.4) is 0 Å². The van der Waals surface area contributed by atoms with E-state index in [0.717, 1.165) is 51.4 Å². The molecule has 256 valence electrons. The van der Waals surface area contributed by atoms with Crippen LogP contribution in [-0.4, -0.2) is 133 Å². The van der Waals surface area contributed by atoms with Gasteiger partial charge in [-0.25, -0.2) is 26.3 Å². The van der Waals surface area contributed by atoms with Crippen molar-refractivity contribution in [1.82, 2.24) is 9.44 Å². The molecule has 1 unspecified atom stereocenters. The van der Waals surface area contributed by atoms with E-state index < -0.39 is 94.5 Å². The first-order valence-electron chi connectivity index (χ1n) is 15.2. The van der Waals surface area contributed by atoms with Crippen molar-refractivity contribution >= 4 is 20.0 Å². The third-order valence-electron chi connectivity index (χ3n) is 7.65. The molecule has 2 fully saturated rings. The number of hydrogen-bond donors (Lipinski definition) is 8. The van der Waals surface area contributed by atoms with Gasteiger partial charge in [0.1, 0.15) is 48.8 Å². The molecule has 2 aliphatic heterocycles. The lowest BCUT2D eigenvalue weighted by molar-refractivity contribution is -0.372. The quantitative estimate of drug-likeness (QED) is 0.0685. The lowest BCUT2D eigenvalue weighted by Gasteiger charge is -2.45. The van der Waals surface area contributed by atoms with Gasteiger partial charge in [-0.05, 0) is 12.8 Å². The van der Waals surface area contributed by atoms with E-state index in [-0.39, 0.29) is 11.5 Å². The van der Waals surface area contributed by atoms with Gasteiger partial charge in [-0.15, -0.1) is 0 Å². The van der Waals surface area contributed by atoms with Crippen molar-refractivity contribution in [2.45, 2.75) is 139 Å². The van der Waals surface area contributed by atoms with Crippen molar-refractivity contribution in [2.24, 2.45) is 0 Å². The summed E-state index contributed by atoms with van der Waals surface area (Å²) in [5, 5.41) is 62.4. The van der Waals surface area contributed by atoms with E-state index in [2.05, 4.69) is 9.44 Å². The number of aliphatic hydroxyl groups is 6. The molecule has 0 saturated carbocycles. The van der Waals surface area contributed by atoms with E-state index in [1.54, 1.807) is 0 Å². The average Bonchev–Trinajstić information content (AvgIpc) is 2.96. The van der Waals surface area contributed by atoms with E-state index in [1.807, 2.05) is 13.8 Å². The summed E-state index contributed by atoms with van der Waals surface area (Å²) >= 11 is 0. The first kappa shape index (κ1) is 38.6. The Labute approximate surface area is 255 Å². The Morgan fingerprint density at radius 3 is 1.23 bits per heavy atom. The molecule has 43 heavy (non-hydrogen) atoms. The number of nitrogens with one attached hydrogen (secondary N) is 2. The second-order valence-corrected chi connectivity index (χ2v) is 15.2. The molecular formula is C26H52N2O13S2. The number of hydrogen-bond acceptors (Lipinski definition) is 13. The van der Waals surface area contributed by atoms with Gasteiger partial charge in [0, 0.05) is 13.1 Å². The molecule has 2 rings (SSSR count). The Morgan fingerprint density at radius 2 is 0.884 bits per heavy atom. The molecule has 2 heterocycles. The smallest absolute Gasteiger partial charge is 0.211 e. The summed E-state index contributed by atoms with van der Waals surface area (Å²) in [5.41, 5.74) is 0. The minimum Gasteiger partial charge on any atom is -0.388 e. The predicted octanol–water partition coefficient (Wildman–Crippen LogP) is -1.60. The summed E-state index contributed by atoms with van der Waals surface area (Å²) in [6, 6.07) is 0. The standard InChI is InChI=1S/C26H52N2O13S2/c1-3-5-7-9-11-13-42(35,36)27-15-17-19(29)21(31)23(33)25(39-17)41-26-24(34)22(32)20(30)18(40-26)16-28-43(37,38)14-12-10-8-6-4-2/h17-34H,3-16H2,1-2H3/t17-,18-,19-,20-,21+,22+,23-,24-,25-,26?/m1/s1. The highest BCUT2D eigenvalue weighted by Crippen LogP contribution is 2.28. The Morgan fingerprint density at radius 1 is 0.535 bits per heavy atom. The fourth-order valence-electron chi connectivity index (χ4n) is 4.88. The highest BCUT2D eigenvalue weighted by Gasteiger charge is 2.50. The maximum absolute atomic E-state index is 12.4. The minimum absolute atomic E-state index is 0.142. The molecule has 0 aromatic carbocycles. The fraction of sp³-hybridized carbons (Fsp3) is 1.00. The number of aliphatic hydroxyl groups excluding tert-OH is 6. The van der Waals surface area contributed by atoms with Crippen LogP contribution in [0.5, 0.6) is 0 Å². The van der Waals surface area contributed by atoms with E-state index in [0.29, 0.717) is 12.8 Å². The van der Waals surface area contributed by atoms with E-state index in [9.17, 15) is 47.5 Å². The van der Waals surface area contributed by atoms with Crippen LogP contribution >= 0.6 is 0 Å². The highest BCUT2D eigenvalue weighted by atomic mass is 32.2. The Kier molecular flexibility index (Phi) is 16.7. The van der Waals surface area contributed by atoms with Gasteiger partial charge in [0.15, 0.2) is 12.6 Å². The molecule has 0 spiro atoms. The Bertz CT molecular complexity index is 925. The summed E-state index contributed by atoms with van der Waals surface area (Å²) in [6.45, 7) is 3.17. The van der Waals surface area contributed by atoms with Gasteiger partial charge in [-0.1, -0.05) is 65.2 Å². The topological polar surface area (TPSA) is 241 Å². The number of sulfonamides is 2. The van der Waals surface area contributed by atoms with Crippen LogP contribution in [0.1, 0.15) is 78.1 Å². The molecule has 0 radical (unpaired) electrons. The first-order valence-corrected chi connectivity index (χ1v) is 18.5. The van der Waals surface area contributed by atoms with Crippen molar-refractivity contribution in [2.75, 3.05) is 24.6 Å². The summed E-state index contributed by atoms with van der Waals surface area (Å²) in [7, 11) is -7.47. The van der Waals surface area contributed by atoms with Crippen molar-refractivity contribution in [3.8, 4) is 0 Å². The van der Waals surface area contributed by atoms with Crippen LogP contribution in [0.15, 0.2) is 0 Å². The van der Waals surface area contributed by atoms with Gasteiger partial charge < -0.3 is 44.8 Å². The van der Waals surface area contributed by atoms with Crippen LogP contribution in [0.4, 0.5) is 0 Å². The van der Waals surface area contributed by atoms with Gasteiger partial charge in [-0.2, -0.15) is 0 Å². The van der Waals surface area contributed by atoms with Crippen molar-refractivity contribution < 1.29 is 61.7 Å². The molecule has 10 atom stereocenters. The molecule has 0 aromatic rings. The van der Waals surface area contributed by atoms with Crippen molar-refractivity contribution in [1.29, 1.82) is 0 Å². The molecule has 2 saturated heterocycles. The van der Waals surface area contributed by atoms with Gasteiger partial charge >= 0.3 is 0 Å². The zero-order chi connectivity index (χ0) is 32.2.